The zero-order valence-electron chi connectivity index (χ0n) is 11.4. The standard InChI is InChI=1S/C12H23N3O2S/c1-4-7-13-12(10-18(3,16)17)6-5-11-8-14-15(2)9-11/h8-9,12-13H,4-7,10H2,1-3H3. The van der Waals surface area contributed by atoms with E-state index in [0.29, 0.717) is 0 Å². The van der Waals surface area contributed by atoms with Crippen LogP contribution in [0.2, 0.25) is 0 Å². The maximum Gasteiger partial charge on any atom is 0.148 e. The lowest BCUT2D eigenvalue weighted by Crippen LogP contribution is -2.36. The average molecular weight is 273 g/mol. The van der Waals surface area contributed by atoms with Gasteiger partial charge in [-0.15, -0.1) is 0 Å². The molecule has 18 heavy (non-hydrogen) atoms. The third-order valence-electron chi connectivity index (χ3n) is 2.73. The van der Waals surface area contributed by atoms with Gasteiger partial charge in [0.2, 0.25) is 0 Å². The van der Waals surface area contributed by atoms with Crippen LogP contribution in [-0.4, -0.2) is 42.8 Å². The lowest BCUT2D eigenvalue weighted by molar-refractivity contribution is 0.505. The SMILES string of the molecule is CCCNC(CCc1cnn(C)c1)CS(C)(=O)=O. The summed E-state index contributed by atoms with van der Waals surface area (Å²) in [4.78, 5) is 0. The summed E-state index contributed by atoms with van der Waals surface area (Å²) in [5.74, 6) is 0.202. The van der Waals surface area contributed by atoms with E-state index in [1.807, 2.05) is 19.4 Å². The van der Waals surface area contributed by atoms with E-state index in [1.54, 1.807) is 4.68 Å². The fraction of sp³-hybridized carbons (Fsp3) is 0.750. The lowest BCUT2D eigenvalue weighted by Gasteiger charge is -2.17. The highest BCUT2D eigenvalue weighted by Gasteiger charge is 2.14. The molecular weight excluding hydrogens is 250 g/mol. The number of hydrogen-bond acceptors (Lipinski definition) is 4. The number of sulfone groups is 1. The molecule has 0 saturated heterocycles. The van der Waals surface area contributed by atoms with Crippen molar-refractivity contribution in [1.29, 1.82) is 0 Å². The summed E-state index contributed by atoms with van der Waals surface area (Å²) >= 11 is 0. The van der Waals surface area contributed by atoms with Gasteiger partial charge >= 0.3 is 0 Å². The van der Waals surface area contributed by atoms with Crippen LogP contribution in [0.3, 0.4) is 0 Å². The van der Waals surface area contributed by atoms with Crippen LogP contribution in [0, 0.1) is 0 Å². The largest absolute Gasteiger partial charge is 0.313 e. The second-order valence-corrected chi connectivity index (χ2v) is 6.99. The minimum Gasteiger partial charge on any atom is -0.313 e. The number of rotatable bonds is 8. The van der Waals surface area contributed by atoms with Crippen molar-refractivity contribution in [2.45, 2.75) is 32.2 Å². The van der Waals surface area contributed by atoms with Crippen molar-refractivity contribution in [2.75, 3.05) is 18.6 Å². The maximum atomic E-state index is 11.4. The highest BCUT2D eigenvalue weighted by atomic mass is 32.2. The van der Waals surface area contributed by atoms with Crippen LogP contribution in [0.1, 0.15) is 25.3 Å². The van der Waals surface area contributed by atoms with E-state index < -0.39 is 9.84 Å². The molecule has 5 nitrogen and oxygen atoms in total. The Morgan fingerprint density at radius 2 is 2.22 bits per heavy atom. The van der Waals surface area contributed by atoms with Crippen molar-refractivity contribution in [1.82, 2.24) is 15.1 Å². The minimum absolute atomic E-state index is 0.0279. The van der Waals surface area contributed by atoms with Gasteiger partial charge < -0.3 is 5.32 Å². The van der Waals surface area contributed by atoms with Gasteiger partial charge in [-0.1, -0.05) is 6.92 Å². The third-order valence-corrected chi connectivity index (χ3v) is 3.73. The highest BCUT2D eigenvalue weighted by molar-refractivity contribution is 7.90. The van der Waals surface area contributed by atoms with Crippen molar-refractivity contribution in [2.24, 2.45) is 7.05 Å². The van der Waals surface area contributed by atoms with E-state index in [1.165, 1.54) is 6.26 Å². The van der Waals surface area contributed by atoms with E-state index in [0.717, 1.165) is 31.4 Å². The van der Waals surface area contributed by atoms with Crippen LogP contribution in [-0.2, 0) is 23.3 Å². The molecule has 0 amide bonds. The van der Waals surface area contributed by atoms with Gasteiger partial charge in [0.15, 0.2) is 0 Å². The first-order valence-electron chi connectivity index (χ1n) is 6.29. The van der Waals surface area contributed by atoms with Gasteiger partial charge in [0.25, 0.3) is 0 Å². The van der Waals surface area contributed by atoms with Crippen LogP contribution in [0.5, 0.6) is 0 Å². The molecule has 0 saturated carbocycles. The van der Waals surface area contributed by atoms with Gasteiger partial charge in [0.1, 0.15) is 9.84 Å². The molecule has 0 fully saturated rings. The Balaban J connectivity index is 2.50. The summed E-state index contributed by atoms with van der Waals surface area (Å²) < 4.78 is 24.5. The monoisotopic (exact) mass is 273 g/mol. The fourth-order valence-corrected chi connectivity index (χ4v) is 2.92. The van der Waals surface area contributed by atoms with Gasteiger partial charge in [0.05, 0.1) is 11.9 Å². The number of nitrogens with zero attached hydrogens (tertiary/aromatic N) is 2. The molecule has 0 aliphatic rings. The van der Waals surface area contributed by atoms with E-state index in [4.69, 9.17) is 0 Å². The summed E-state index contributed by atoms with van der Waals surface area (Å²) in [7, 11) is -1.05. The number of aryl methyl sites for hydroxylation is 2. The Kier molecular flexibility index (Phi) is 5.81. The molecule has 1 N–H and O–H groups in total. The molecule has 1 aromatic rings. The highest BCUT2D eigenvalue weighted by Crippen LogP contribution is 2.06. The predicted molar refractivity (Wildman–Crippen MR) is 73.3 cm³/mol. The number of nitrogens with one attached hydrogen (secondary N) is 1. The molecule has 1 heterocycles. The Bertz CT molecular complexity index is 454. The fourth-order valence-electron chi connectivity index (χ4n) is 1.90. The molecule has 0 radical (unpaired) electrons. The number of hydrogen-bond donors (Lipinski definition) is 1. The Hall–Kier alpha value is -0.880. The van der Waals surface area contributed by atoms with Gasteiger partial charge in [-0.2, -0.15) is 5.10 Å². The van der Waals surface area contributed by atoms with E-state index in [2.05, 4.69) is 17.3 Å². The molecule has 6 heteroatoms. The second kappa shape index (κ2) is 6.89. The zero-order valence-corrected chi connectivity index (χ0v) is 12.2. The van der Waals surface area contributed by atoms with E-state index in [-0.39, 0.29) is 11.8 Å². The van der Waals surface area contributed by atoms with Gasteiger partial charge in [-0.3, -0.25) is 4.68 Å². The zero-order chi connectivity index (χ0) is 13.6. The average Bonchev–Trinajstić information content (AvgIpc) is 2.66. The van der Waals surface area contributed by atoms with Crippen LogP contribution in [0.15, 0.2) is 12.4 Å². The van der Waals surface area contributed by atoms with Crippen LogP contribution in [0.4, 0.5) is 0 Å². The minimum atomic E-state index is -2.94. The molecule has 1 rings (SSSR count). The molecule has 1 atom stereocenters. The van der Waals surface area contributed by atoms with Crippen molar-refractivity contribution < 1.29 is 8.42 Å². The summed E-state index contributed by atoms with van der Waals surface area (Å²) in [5.41, 5.74) is 1.15. The predicted octanol–water partition coefficient (Wildman–Crippen LogP) is 0.766. The first-order valence-corrected chi connectivity index (χ1v) is 8.35. The van der Waals surface area contributed by atoms with Crippen molar-refractivity contribution in [3.63, 3.8) is 0 Å². The quantitative estimate of drug-likeness (QED) is 0.760. The summed E-state index contributed by atoms with van der Waals surface area (Å²) in [6, 6.07) is 0.0279. The molecule has 0 bridgehead atoms. The molecule has 0 spiro atoms. The first-order chi connectivity index (χ1) is 8.40. The summed E-state index contributed by atoms with van der Waals surface area (Å²) in [6.45, 7) is 2.93. The van der Waals surface area contributed by atoms with Crippen molar-refractivity contribution in [3.05, 3.63) is 18.0 Å². The molecular formula is C12H23N3O2S. The van der Waals surface area contributed by atoms with Crippen LogP contribution >= 0.6 is 0 Å². The molecule has 0 aromatic carbocycles. The normalized spacial score (nSPS) is 13.7. The number of aromatic nitrogens is 2. The van der Waals surface area contributed by atoms with Crippen molar-refractivity contribution >= 4 is 9.84 Å². The van der Waals surface area contributed by atoms with E-state index in [9.17, 15) is 8.42 Å². The lowest BCUT2D eigenvalue weighted by atomic mass is 10.1. The Morgan fingerprint density at radius 1 is 1.50 bits per heavy atom. The summed E-state index contributed by atoms with van der Waals surface area (Å²) in [5, 5.41) is 7.41. The third kappa shape index (κ3) is 6.16. The van der Waals surface area contributed by atoms with E-state index >= 15 is 0 Å². The first kappa shape index (κ1) is 15.2. The second-order valence-electron chi connectivity index (χ2n) is 4.80. The molecule has 0 aliphatic heterocycles. The van der Waals surface area contributed by atoms with Gasteiger partial charge in [-0.25, -0.2) is 8.42 Å². The van der Waals surface area contributed by atoms with Crippen molar-refractivity contribution in [3.8, 4) is 0 Å². The maximum absolute atomic E-state index is 11.4. The molecule has 1 aromatic heterocycles. The van der Waals surface area contributed by atoms with Crippen LogP contribution in [0.25, 0.3) is 0 Å². The van der Waals surface area contributed by atoms with Gasteiger partial charge in [0, 0.05) is 25.5 Å². The molecule has 1 unspecified atom stereocenters. The Morgan fingerprint density at radius 3 is 2.72 bits per heavy atom. The molecule has 104 valence electrons. The summed E-state index contributed by atoms with van der Waals surface area (Å²) in [6.07, 6.45) is 7.77. The Labute approximate surface area is 109 Å². The molecule has 0 aliphatic carbocycles. The van der Waals surface area contributed by atoms with Crippen LogP contribution < -0.4 is 5.32 Å². The topological polar surface area (TPSA) is 64.0 Å². The smallest absolute Gasteiger partial charge is 0.148 e. The van der Waals surface area contributed by atoms with Gasteiger partial charge in [-0.05, 0) is 31.4 Å².